The van der Waals surface area contributed by atoms with Gasteiger partial charge in [-0.15, -0.1) is 22.7 Å². The van der Waals surface area contributed by atoms with Crippen LogP contribution in [0.15, 0.2) is 105 Å². The largest absolute Gasteiger partial charge is 0.497 e. The van der Waals surface area contributed by atoms with Crippen molar-refractivity contribution in [1.82, 2.24) is 18.6 Å². The molecule has 0 atom stereocenters. The summed E-state index contributed by atoms with van der Waals surface area (Å²) < 4.78 is 113. The van der Waals surface area contributed by atoms with Crippen LogP contribution in [0.2, 0.25) is 5.02 Å². The Bertz CT molecular complexity index is 2640. The maximum atomic E-state index is 14.0. The Morgan fingerprint density at radius 2 is 0.966 bits per heavy atom. The molecule has 0 amide bonds. The standard InChI is InChI=1S/C20H19F2N3O3S2.C19H16ClF2N3O2S2/c1-28-16-5-2-14(3-6-16)18-13-29-20(23-18)24-8-10-25(11-9-24)30(26,27)19-7-4-15(21)12-17(19)22;20-14-3-1-13(2-4-14)17-12-28-19(23-17)24-7-9-25(10-8-24)29(26,27)18-6-5-15(21)11-16(18)22/h2-7,12-13H,8-11H2,1H3;1-6,11-12H,7-10H2. The van der Waals surface area contributed by atoms with Gasteiger partial charge in [-0.05, 0) is 60.7 Å². The highest BCUT2D eigenvalue weighted by molar-refractivity contribution is 7.89. The number of halogens is 5. The van der Waals surface area contributed by atoms with Crippen LogP contribution in [0.4, 0.5) is 27.8 Å². The van der Waals surface area contributed by atoms with Gasteiger partial charge in [0.05, 0.1) is 18.5 Å². The van der Waals surface area contributed by atoms with Crippen LogP contribution in [0.1, 0.15) is 0 Å². The van der Waals surface area contributed by atoms with Crippen LogP contribution in [-0.2, 0) is 20.0 Å². The summed E-state index contributed by atoms with van der Waals surface area (Å²) in [5, 5.41) is 6.13. The van der Waals surface area contributed by atoms with Crippen LogP contribution in [-0.4, -0.2) is 94.9 Å². The fraction of sp³-hybridized carbons (Fsp3) is 0.231. The third-order valence-electron chi connectivity index (χ3n) is 9.55. The molecule has 0 radical (unpaired) electrons. The van der Waals surface area contributed by atoms with Crippen molar-refractivity contribution in [1.29, 1.82) is 0 Å². The van der Waals surface area contributed by atoms with Gasteiger partial charge in [-0.1, -0.05) is 23.7 Å². The highest BCUT2D eigenvalue weighted by Crippen LogP contribution is 2.32. The lowest BCUT2D eigenvalue weighted by molar-refractivity contribution is 0.381. The second-order valence-corrected chi connectivity index (χ2v) is 19.1. The maximum Gasteiger partial charge on any atom is 0.246 e. The van der Waals surface area contributed by atoms with Crippen molar-refractivity contribution in [3.8, 4) is 28.3 Å². The molecule has 2 fully saturated rings. The summed E-state index contributed by atoms with van der Waals surface area (Å²) in [7, 11) is -6.43. The van der Waals surface area contributed by atoms with E-state index in [1.165, 1.54) is 31.3 Å². The molecule has 2 aromatic heterocycles. The number of hydrogen-bond acceptors (Lipinski definition) is 11. The molecule has 0 N–H and O–H groups in total. The van der Waals surface area contributed by atoms with Gasteiger partial charge in [0.15, 0.2) is 10.3 Å². The lowest BCUT2D eigenvalue weighted by Crippen LogP contribution is -2.48. The van der Waals surface area contributed by atoms with Crippen molar-refractivity contribution in [3.05, 3.63) is 124 Å². The molecule has 0 bridgehead atoms. The molecule has 59 heavy (non-hydrogen) atoms. The summed E-state index contributed by atoms with van der Waals surface area (Å²) in [5.41, 5.74) is 3.57. The number of aromatic nitrogens is 2. The number of anilines is 2. The molecule has 2 aliphatic heterocycles. The fourth-order valence-corrected chi connectivity index (χ4v) is 11.2. The Labute approximate surface area is 351 Å². The number of ether oxygens (including phenoxy) is 1. The molecular weight excluding hydrogens is 872 g/mol. The highest BCUT2D eigenvalue weighted by Gasteiger charge is 2.33. The number of rotatable bonds is 9. The normalized spacial score (nSPS) is 15.5. The van der Waals surface area contributed by atoms with Crippen LogP contribution in [0.25, 0.3) is 22.5 Å². The second kappa shape index (κ2) is 17.9. The smallest absolute Gasteiger partial charge is 0.246 e. The van der Waals surface area contributed by atoms with Gasteiger partial charge in [-0.2, -0.15) is 8.61 Å². The Balaban J connectivity index is 0.000000179. The number of thiazole rings is 2. The van der Waals surface area contributed by atoms with E-state index in [0.29, 0.717) is 43.3 Å². The van der Waals surface area contributed by atoms with Gasteiger partial charge in [0.2, 0.25) is 20.0 Å². The van der Waals surface area contributed by atoms with Crippen molar-refractivity contribution in [2.24, 2.45) is 0 Å². The highest BCUT2D eigenvalue weighted by atomic mass is 35.5. The Hall–Kier alpha value is -4.63. The SMILES string of the molecule is COc1ccc(-c2csc(N3CCN(S(=O)(=O)c4ccc(F)cc4F)CC3)n2)cc1.O=S(=O)(c1ccc(F)cc1F)N1CCN(c2nc(-c3ccc(Cl)cc3)cs2)CC1. The minimum atomic E-state index is -4.02. The van der Waals surface area contributed by atoms with Gasteiger partial charge >= 0.3 is 0 Å². The summed E-state index contributed by atoms with van der Waals surface area (Å²) in [5.74, 6) is -3.02. The summed E-state index contributed by atoms with van der Waals surface area (Å²) in [6, 6.07) is 20.0. The molecule has 2 aliphatic rings. The van der Waals surface area contributed by atoms with E-state index in [1.807, 2.05) is 57.0 Å². The van der Waals surface area contributed by atoms with Crippen LogP contribution in [0.5, 0.6) is 5.75 Å². The van der Waals surface area contributed by atoms with Gasteiger partial charge in [0.25, 0.3) is 0 Å². The summed E-state index contributed by atoms with van der Waals surface area (Å²) in [6.45, 7) is 2.47. The molecule has 0 saturated carbocycles. The first-order chi connectivity index (χ1) is 28.2. The third-order valence-corrected chi connectivity index (χ3v) is 15.5. The monoisotopic (exact) mass is 906 g/mol. The average molecular weight is 907 g/mol. The fourth-order valence-electron chi connectivity index (χ4n) is 6.35. The van der Waals surface area contributed by atoms with Crippen molar-refractivity contribution in [3.63, 3.8) is 0 Å². The third kappa shape index (κ3) is 9.56. The predicted octanol–water partition coefficient (Wildman–Crippen LogP) is 7.86. The molecule has 4 aromatic carbocycles. The van der Waals surface area contributed by atoms with Crippen LogP contribution < -0.4 is 14.5 Å². The van der Waals surface area contributed by atoms with E-state index in [-0.39, 0.29) is 26.2 Å². The summed E-state index contributed by atoms with van der Waals surface area (Å²) >= 11 is 8.88. The van der Waals surface area contributed by atoms with Gasteiger partial charge in [-0.25, -0.2) is 44.4 Å². The zero-order chi connectivity index (χ0) is 41.9. The molecular formula is C39H35ClF4N6O5S4. The van der Waals surface area contributed by atoms with E-state index in [0.717, 1.165) is 62.8 Å². The molecule has 6 aromatic rings. The Morgan fingerprint density at radius 3 is 1.34 bits per heavy atom. The van der Waals surface area contributed by atoms with Crippen LogP contribution in [0.3, 0.4) is 0 Å². The molecule has 2 saturated heterocycles. The van der Waals surface area contributed by atoms with Gasteiger partial charge < -0.3 is 14.5 Å². The molecule has 0 aliphatic carbocycles. The van der Waals surface area contributed by atoms with Crippen molar-refractivity contribution in [2.45, 2.75) is 9.79 Å². The second-order valence-electron chi connectivity index (χ2n) is 13.2. The van der Waals surface area contributed by atoms with Gasteiger partial charge in [-0.3, -0.25) is 0 Å². The zero-order valence-electron chi connectivity index (χ0n) is 31.1. The average Bonchev–Trinajstić information content (AvgIpc) is 3.93. The number of methoxy groups -OCH3 is 1. The molecule has 310 valence electrons. The molecule has 0 unspecified atom stereocenters. The molecule has 0 spiro atoms. The van der Waals surface area contributed by atoms with Crippen LogP contribution in [0, 0.1) is 23.3 Å². The van der Waals surface area contributed by atoms with E-state index in [2.05, 4.69) is 9.97 Å². The Kier molecular flexibility index (Phi) is 12.9. The number of hydrogen-bond donors (Lipinski definition) is 0. The van der Waals surface area contributed by atoms with E-state index < -0.39 is 53.1 Å². The topological polar surface area (TPSA) is 116 Å². The van der Waals surface area contributed by atoms with E-state index in [4.69, 9.17) is 16.3 Å². The first-order valence-electron chi connectivity index (χ1n) is 17.9. The van der Waals surface area contributed by atoms with Gasteiger partial charge in [0, 0.05) is 91.4 Å². The molecule has 8 rings (SSSR count). The number of piperazine rings is 2. The van der Waals surface area contributed by atoms with E-state index >= 15 is 0 Å². The number of sulfonamides is 2. The Morgan fingerprint density at radius 1 is 0.576 bits per heavy atom. The zero-order valence-corrected chi connectivity index (χ0v) is 35.2. The first kappa shape index (κ1) is 42.5. The molecule has 20 heteroatoms. The van der Waals surface area contributed by atoms with Crippen molar-refractivity contribution < 1.29 is 39.1 Å². The van der Waals surface area contributed by atoms with E-state index in [9.17, 15) is 34.4 Å². The number of nitrogens with zero attached hydrogens (tertiary/aromatic N) is 6. The molecule has 4 heterocycles. The van der Waals surface area contributed by atoms with E-state index in [1.54, 1.807) is 19.2 Å². The summed E-state index contributed by atoms with van der Waals surface area (Å²) in [4.78, 5) is 12.3. The first-order valence-corrected chi connectivity index (χ1v) is 23.0. The van der Waals surface area contributed by atoms with Crippen molar-refractivity contribution >= 4 is 64.6 Å². The van der Waals surface area contributed by atoms with Crippen molar-refractivity contribution in [2.75, 3.05) is 69.3 Å². The molecule has 11 nitrogen and oxygen atoms in total. The maximum absolute atomic E-state index is 14.0. The van der Waals surface area contributed by atoms with Gasteiger partial charge in [0.1, 0.15) is 38.8 Å². The number of benzene rings is 4. The summed E-state index contributed by atoms with van der Waals surface area (Å²) in [6.07, 6.45) is 0. The quantitative estimate of drug-likeness (QED) is 0.134. The predicted molar refractivity (Wildman–Crippen MR) is 221 cm³/mol. The lowest BCUT2D eigenvalue weighted by atomic mass is 10.2. The lowest BCUT2D eigenvalue weighted by Gasteiger charge is -2.33. The minimum absolute atomic E-state index is 0.189. The minimum Gasteiger partial charge on any atom is -0.497 e. The van der Waals surface area contributed by atoms with Crippen LogP contribution >= 0.6 is 34.3 Å².